The molecule has 1 heterocycles. The Hall–Kier alpha value is -2.14. The van der Waals surface area contributed by atoms with Gasteiger partial charge in [0.2, 0.25) is 5.89 Å². The van der Waals surface area contributed by atoms with Gasteiger partial charge in [-0.25, -0.2) is 4.39 Å². The molecule has 0 N–H and O–H groups in total. The monoisotopic (exact) mass is 314 g/mol. The van der Waals surface area contributed by atoms with Crippen LogP contribution in [0.1, 0.15) is 16.7 Å². The van der Waals surface area contributed by atoms with Crippen LogP contribution in [0.2, 0.25) is 0 Å². The Balaban J connectivity index is 1.72. The van der Waals surface area contributed by atoms with Gasteiger partial charge in [-0.05, 0) is 54.8 Å². The lowest BCUT2D eigenvalue weighted by Crippen LogP contribution is -1.83. The van der Waals surface area contributed by atoms with Crippen LogP contribution in [0.5, 0.6) is 0 Å². The third-order valence-corrected chi connectivity index (χ3v) is 4.30. The number of rotatable bonds is 4. The van der Waals surface area contributed by atoms with Gasteiger partial charge in [0.15, 0.2) is 0 Å². The average Bonchev–Trinajstić information content (AvgIpc) is 2.97. The second-order valence-electron chi connectivity index (χ2n) is 5.09. The van der Waals surface area contributed by atoms with Gasteiger partial charge < -0.3 is 4.42 Å². The highest BCUT2D eigenvalue weighted by molar-refractivity contribution is 7.98. The first kappa shape index (κ1) is 14.8. The zero-order valence-electron chi connectivity index (χ0n) is 12.3. The second kappa shape index (κ2) is 6.32. The molecule has 0 unspecified atom stereocenters. The minimum Gasteiger partial charge on any atom is -0.411 e. The van der Waals surface area contributed by atoms with Crippen molar-refractivity contribution < 1.29 is 8.81 Å². The summed E-state index contributed by atoms with van der Waals surface area (Å²) in [6.07, 6.45) is 0. The molecule has 0 saturated heterocycles. The van der Waals surface area contributed by atoms with Crippen molar-refractivity contribution in [1.82, 2.24) is 10.2 Å². The molecule has 3 rings (SSSR count). The minimum atomic E-state index is -0.237. The molecule has 0 aliphatic heterocycles. The summed E-state index contributed by atoms with van der Waals surface area (Å²) < 4.78 is 18.8. The van der Waals surface area contributed by atoms with Gasteiger partial charge >= 0.3 is 0 Å². The number of nitrogens with zero attached hydrogens (tertiary/aromatic N) is 2. The number of halogens is 1. The van der Waals surface area contributed by atoms with Crippen LogP contribution < -0.4 is 0 Å². The number of thioether (sulfide) groups is 1. The molecule has 0 radical (unpaired) electrons. The van der Waals surface area contributed by atoms with Gasteiger partial charge in [0.05, 0.1) is 0 Å². The Kier molecular flexibility index (Phi) is 4.24. The van der Waals surface area contributed by atoms with Crippen molar-refractivity contribution in [1.29, 1.82) is 0 Å². The molecule has 0 spiro atoms. The molecule has 5 heteroatoms. The summed E-state index contributed by atoms with van der Waals surface area (Å²) in [6.45, 7) is 4.11. The highest BCUT2D eigenvalue weighted by atomic mass is 32.2. The summed E-state index contributed by atoms with van der Waals surface area (Å²) in [5.74, 6) is 0.857. The van der Waals surface area contributed by atoms with Crippen LogP contribution in [-0.4, -0.2) is 10.2 Å². The lowest BCUT2D eigenvalue weighted by atomic mass is 10.1. The van der Waals surface area contributed by atoms with Gasteiger partial charge in [0.1, 0.15) is 5.82 Å². The predicted molar refractivity (Wildman–Crippen MR) is 85.2 cm³/mol. The smallest absolute Gasteiger partial charge is 0.277 e. The quantitative estimate of drug-likeness (QED) is 0.649. The van der Waals surface area contributed by atoms with Crippen molar-refractivity contribution in [2.24, 2.45) is 0 Å². The molecule has 1 aromatic heterocycles. The molecule has 3 aromatic rings. The molecule has 0 aliphatic carbocycles. The second-order valence-corrected chi connectivity index (χ2v) is 6.02. The maximum absolute atomic E-state index is 13.1. The molecular formula is C17H15FN2OS. The van der Waals surface area contributed by atoms with E-state index in [9.17, 15) is 4.39 Å². The standard InChI is InChI=1S/C17H15FN2OS/c1-11-6-7-14(8-12(11)2)16-19-20-17(21-16)22-10-13-4-3-5-15(18)9-13/h3-9H,10H2,1-2H3. The van der Waals surface area contributed by atoms with Crippen molar-refractivity contribution in [2.75, 3.05) is 0 Å². The highest BCUT2D eigenvalue weighted by Crippen LogP contribution is 2.26. The van der Waals surface area contributed by atoms with E-state index in [4.69, 9.17) is 4.42 Å². The van der Waals surface area contributed by atoms with Gasteiger partial charge in [-0.3, -0.25) is 0 Å². The van der Waals surface area contributed by atoms with Crippen LogP contribution in [0.15, 0.2) is 52.1 Å². The fraction of sp³-hybridized carbons (Fsp3) is 0.176. The topological polar surface area (TPSA) is 38.9 Å². The zero-order chi connectivity index (χ0) is 15.5. The maximum atomic E-state index is 13.1. The molecule has 0 fully saturated rings. The van der Waals surface area contributed by atoms with E-state index in [-0.39, 0.29) is 5.82 Å². The van der Waals surface area contributed by atoms with Crippen LogP contribution in [0.4, 0.5) is 4.39 Å². The van der Waals surface area contributed by atoms with E-state index in [1.807, 2.05) is 24.3 Å². The van der Waals surface area contributed by atoms with E-state index in [0.29, 0.717) is 16.9 Å². The van der Waals surface area contributed by atoms with Gasteiger partial charge in [0, 0.05) is 11.3 Å². The lowest BCUT2D eigenvalue weighted by molar-refractivity contribution is 0.466. The SMILES string of the molecule is Cc1ccc(-c2nnc(SCc3cccc(F)c3)o2)cc1C. The lowest BCUT2D eigenvalue weighted by Gasteiger charge is -2.01. The molecule has 112 valence electrons. The van der Waals surface area contributed by atoms with E-state index in [2.05, 4.69) is 24.0 Å². The fourth-order valence-corrected chi connectivity index (χ4v) is 2.74. The van der Waals surface area contributed by atoms with Gasteiger partial charge in [-0.2, -0.15) is 0 Å². The number of aryl methyl sites for hydroxylation is 2. The summed E-state index contributed by atoms with van der Waals surface area (Å²) in [5.41, 5.74) is 4.21. The first-order valence-corrected chi connectivity index (χ1v) is 7.89. The fourth-order valence-electron chi connectivity index (χ4n) is 2.03. The van der Waals surface area contributed by atoms with E-state index in [1.54, 1.807) is 6.07 Å². The number of hydrogen-bond donors (Lipinski definition) is 0. The highest BCUT2D eigenvalue weighted by Gasteiger charge is 2.10. The van der Waals surface area contributed by atoms with Crippen molar-refractivity contribution in [2.45, 2.75) is 24.8 Å². The maximum Gasteiger partial charge on any atom is 0.277 e. The Morgan fingerprint density at radius 2 is 1.91 bits per heavy atom. The summed E-state index contributed by atoms with van der Waals surface area (Å²) >= 11 is 1.40. The Bertz CT molecular complexity index is 801. The van der Waals surface area contributed by atoms with Crippen LogP contribution in [0.25, 0.3) is 11.5 Å². The van der Waals surface area contributed by atoms with Crippen LogP contribution in [0.3, 0.4) is 0 Å². The first-order chi connectivity index (χ1) is 10.6. The molecule has 0 saturated carbocycles. The van der Waals surface area contributed by atoms with Crippen molar-refractivity contribution in [3.63, 3.8) is 0 Å². The predicted octanol–water partition coefficient (Wildman–Crippen LogP) is 4.78. The van der Waals surface area contributed by atoms with Crippen molar-refractivity contribution >= 4 is 11.8 Å². The Morgan fingerprint density at radius 3 is 2.68 bits per heavy atom. The number of aromatic nitrogens is 2. The summed E-state index contributed by atoms with van der Waals surface area (Å²) in [4.78, 5) is 0. The van der Waals surface area contributed by atoms with Crippen molar-refractivity contribution in [3.05, 3.63) is 65.0 Å². The van der Waals surface area contributed by atoms with E-state index >= 15 is 0 Å². The molecule has 0 amide bonds. The largest absolute Gasteiger partial charge is 0.411 e. The first-order valence-electron chi connectivity index (χ1n) is 6.90. The van der Waals surface area contributed by atoms with Crippen LogP contribution >= 0.6 is 11.8 Å². The van der Waals surface area contributed by atoms with Crippen LogP contribution in [0, 0.1) is 19.7 Å². The summed E-state index contributed by atoms with van der Waals surface area (Å²) in [6, 6.07) is 12.5. The Labute approximate surface area is 132 Å². The summed E-state index contributed by atoms with van der Waals surface area (Å²) in [5, 5.41) is 8.59. The van der Waals surface area contributed by atoms with Gasteiger partial charge in [0.25, 0.3) is 5.22 Å². The minimum absolute atomic E-state index is 0.237. The molecule has 0 aliphatic rings. The van der Waals surface area contributed by atoms with E-state index in [0.717, 1.165) is 11.1 Å². The van der Waals surface area contributed by atoms with Gasteiger partial charge in [-0.15, -0.1) is 10.2 Å². The van der Waals surface area contributed by atoms with Crippen molar-refractivity contribution in [3.8, 4) is 11.5 Å². The molecular weight excluding hydrogens is 299 g/mol. The Morgan fingerprint density at radius 1 is 1.05 bits per heavy atom. The molecule has 3 nitrogen and oxygen atoms in total. The molecule has 2 aromatic carbocycles. The molecule has 22 heavy (non-hydrogen) atoms. The normalized spacial score (nSPS) is 10.9. The average molecular weight is 314 g/mol. The summed E-state index contributed by atoms with van der Waals surface area (Å²) in [7, 11) is 0. The molecule has 0 atom stereocenters. The third-order valence-electron chi connectivity index (χ3n) is 3.41. The molecule has 0 bridgehead atoms. The number of hydrogen-bond acceptors (Lipinski definition) is 4. The third kappa shape index (κ3) is 3.36. The van der Waals surface area contributed by atoms with Gasteiger partial charge in [-0.1, -0.05) is 30.0 Å². The van der Waals surface area contributed by atoms with E-state index < -0.39 is 0 Å². The van der Waals surface area contributed by atoms with E-state index in [1.165, 1.54) is 35.0 Å². The van der Waals surface area contributed by atoms with Crippen LogP contribution in [-0.2, 0) is 5.75 Å². The zero-order valence-corrected chi connectivity index (χ0v) is 13.2. The number of benzene rings is 2.